The molecule has 2 aromatic rings. The van der Waals surface area contributed by atoms with Crippen molar-refractivity contribution in [1.82, 2.24) is 0 Å². The van der Waals surface area contributed by atoms with Gasteiger partial charge < -0.3 is 14.8 Å². The summed E-state index contributed by atoms with van der Waals surface area (Å²) in [7, 11) is 2.81. The molecule has 0 fully saturated rings. The van der Waals surface area contributed by atoms with Crippen molar-refractivity contribution >= 4 is 29.0 Å². The molecule has 2 rings (SSSR count). The van der Waals surface area contributed by atoms with Gasteiger partial charge in [-0.25, -0.2) is 0 Å². The minimum Gasteiger partial charge on any atom is -0.493 e. The van der Waals surface area contributed by atoms with Gasteiger partial charge in [0.15, 0.2) is 23.2 Å². The number of carbonyl (C=O) groups is 2. The third kappa shape index (κ3) is 4.13. The van der Waals surface area contributed by atoms with Crippen molar-refractivity contribution in [3.05, 3.63) is 52.5 Å². The van der Waals surface area contributed by atoms with Crippen LogP contribution in [0.15, 0.2) is 36.4 Å². The highest BCUT2D eigenvalue weighted by atomic mass is 35.5. The van der Waals surface area contributed by atoms with Gasteiger partial charge >= 0.3 is 0 Å². The Kier molecular flexibility index (Phi) is 6.21. The number of Topliss-reactive ketones (excluding diaryl/α,β-unsaturated/α-hetero) is 1. The number of nitrogens with zero attached hydrogens (tertiary/aromatic N) is 1. The number of rotatable bonds is 6. The predicted octanol–water partition coefficient (Wildman–Crippen LogP) is 3.63. The number of hydrogen-bond acceptors (Lipinski definition) is 5. The van der Waals surface area contributed by atoms with Gasteiger partial charge in [-0.1, -0.05) is 29.3 Å². The zero-order valence-corrected chi connectivity index (χ0v) is 15.3. The molecular formula is C19H17ClN2O4. The van der Waals surface area contributed by atoms with Gasteiger partial charge in [0, 0.05) is 11.3 Å². The van der Waals surface area contributed by atoms with Gasteiger partial charge in [0.05, 0.1) is 25.3 Å². The molecule has 0 aromatic heterocycles. The number of carbonyl (C=O) groups excluding carboxylic acids is 2. The molecule has 1 N–H and O–H groups in total. The van der Waals surface area contributed by atoms with Gasteiger partial charge in [-0.15, -0.1) is 0 Å². The summed E-state index contributed by atoms with van der Waals surface area (Å²) in [5.74, 6) is -2.42. The second-order valence-corrected chi connectivity index (χ2v) is 5.88. The number of ketones is 1. The molecule has 0 spiro atoms. The van der Waals surface area contributed by atoms with Crippen LogP contribution in [0.2, 0.25) is 5.02 Å². The van der Waals surface area contributed by atoms with E-state index in [0.29, 0.717) is 5.69 Å². The SMILES string of the molecule is COc1cc(C(=O)[C@@H](C#N)C(=O)Nc2ccc(C)cc2)cc(Cl)c1OC. The largest absolute Gasteiger partial charge is 0.493 e. The number of halogens is 1. The van der Waals surface area contributed by atoms with E-state index in [0.717, 1.165) is 5.56 Å². The Morgan fingerprint density at radius 2 is 1.81 bits per heavy atom. The Labute approximate surface area is 156 Å². The first kappa shape index (κ1) is 19.3. The van der Waals surface area contributed by atoms with Gasteiger partial charge in [-0.2, -0.15) is 5.26 Å². The second-order valence-electron chi connectivity index (χ2n) is 5.48. The number of amides is 1. The summed E-state index contributed by atoms with van der Waals surface area (Å²) in [4.78, 5) is 25.0. The van der Waals surface area contributed by atoms with E-state index in [9.17, 15) is 14.9 Å². The van der Waals surface area contributed by atoms with Crippen LogP contribution in [0, 0.1) is 24.2 Å². The highest BCUT2D eigenvalue weighted by Gasteiger charge is 2.29. The van der Waals surface area contributed by atoms with Gasteiger partial charge in [0.2, 0.25) is 5.91 Å². The standard InChI is InChI=1S/C19H17ClN2O4/c1-11-4-6-13(7-5-11)22-19(24)14(10-21)17(23)12-8-15(20)18(26-3)16(9-12)25-2/h4-9,14H,1-3H3,(H,22,24)/t14-/m1/s1. The fraction of sp³-hybridized carbons (Fsp3) is 0.211. The average Bonchev–Trinajstić information content (AvgIpc) is 2.63. The fourth-order valence-electron chi connectivity index (χ4n) is 2.31. The summed E-state index contributed by atoms with van der Waals surface area (Å²) in [6, 6.07) is 11.5. The minimum atomic E-state index is -1.52. The number of methoxy groups -OCH3 is 2. The number of nitriles is 1. The number of anilines is 1. The van der Waals surface area contributed by atoms with Gasteiger partial charge in [-0.05, 0) is 31.2 Å². The summed E-state index contributed by atoms with van der Waals surface area (Å²) in [5.41, 5.74) is 1.60. The van der Waals surface area contributed by atoms with Crippen molar-refractivity contribution in [2.75, 3.05) is 19.5 Å². The maximum Gasteiger partial charge on any atom is 0.249 e. The Morgan fingerprint density at radius 3 is 2.35 bits per heavy atom. The van der Waals surface area contributed by atoms with Gasteiger partial charge in [-0.3, -0.25) is 9.59 Å². The maximum atomic E-state index is 12.6. The number of benzene rings is 2. The van der Waals surface area contributed by atoms with Crippen LogP contribution in [0.25, 0.3) is 0 Å². The second kappa shape index (κ2) is 8.37. The average molecular weight is 373 g/mol. The molecule has 0 bridgehead atoms. The van der Waals surface area contributed by atoms with E-state index in [-0.39, 0.29) is 22.1 Å². The van der Waals surface area contributed by atoms with Crippen molar-refractivity contribution < 1.29 is 19.1 Å². The molecular weight excluding hydrogens is 356 g/mol. The van der Waals surface area contributed by atoms with Crippen LogP contribution in [0.3, 0.4) is 0 Å². The van der Waals surface area contributed by atoms with Crippen molar-refractivity contribution in [3.8, 4) is 17.6 Å². The van der Waals surface area contributed by atoms with Crippen molar-refractivity contribution in [3.63, 3.8) is 0 Å². The van der Waals surface area contributed by atoms with E-state index in [2.05, 4.69) is 5.32 Å². The maximum absolute atomic E-state index is 12.6. The lowest BCUT2D eigenvalue weighted by Crippen LogP contribution is -2.28. The first-order valence-corrected chi connectivity index (χ1v) is 8.02. The predicted molar refractivity (Wildman–Crippen MR) is 97.8 cm³/mol. The Hall–Kier alpha value is -3.04. The number of hydrogen-bond donors (Lipinski definition) is 1. The van der Waals surface area contributed by atoms with E-state index >= 15 is 0 Å². The first-order chi connectivity index (χ1) is 12.4. The van der Waals surface area contributed by atoms with Crippen molar-refractivity contribution in [2.45, 2.75) is 6.92 Å². The molecule has 0 heterocycles. The summed E-state index contributed by atoms with van der Waals surface area (Å²) in [6.07, 6.45) is 0. The molecule has 0 aliphatic carbocycles. The summed E-state index contributed by atoms with van der Waals surface area (Å²) < 4.78 is 10.3. The van der Waals surface area contributed by atoms with E-state index in [1.165, 1.54) is 26.4 Å². The topological polar surface area (TPSA) is 88.4 Å². The van der Waals surface area contributed by atoms with Crippen LogP contribution >= 0.6 is 11.6 Å². The normalized spacial score (nSPS) is 11.2. The monoisotopic (exact) mass is 372 g/mol. The highest BCUT2D eigenvalue weighted by molar-refractivity contribution is 6.33. The Bertz CT molecular complexity index is 872. The molecule has 0 aliphatic rings. The fourth-order valence-corrected chi connectivity index (χ4v) is 2.60. The van der Waals surface area contributed by atoms with Crippen LogP contribution in [-0.2, 0) is 4.79 Å². The van der Waals surface area contributed by atoms with Crippen LogP contribution in [0.1, 0.15) is 15.9 Å². The molecule has 0 saturated carbocycles. The minimum absolute atomic E-state index is 0.0817. The van der Waals surface area contributed by atoms with E-state index in [1.54, 1.807) is 18.2 Å². The molecule has 134 valence electrons. The van der Waals surface area contributed by atoms with E-state index in [1.807, 2.05) is 19.1 Å². The lowest BCUT2D eigenvalue weighted by atomic mass is 9.97. The zero-order chi connectivity index (χ0) is 19.3. The first-order valence-electron chi connectivity index (χ1n) is 7.64. The molecule has 0 radical (unpaired) electrons. The molecule has 1 atom stereocenters. The lowest BCUT2D eigenvalue weighted by Gasteiger charge is -2.13. The molecule has 0 saturated heterocycles. The number of aryl methyl sites for hydroxylation is 1. The highest BCUT2D eigenvalue weighted by Crippen LogP contribution is 2.36. The quantitative estimate of drug-likeness (QED) is 0.618. The third-order valence-electron chi connectivity index (χ3n) is 3.69. The zero-order valence-electron chi connectivity index (χ0n) is 14.5. The van der Waals surface area contributed by atoms with Crippen molar-refractivity contribution in [2.24, 2.45) is 5.92 Å². The Balaban J connectivity index is 2.28. The summed E-state index contributed by atoms with van der Waals surface area (Å²) in [5, 5.41) is 12.0. The third-order valence-corrected chi connectivity index (χ3v) is 3.97. The lowest BCUT2D eigenvalue weighted by molar-refractivity contribution is -0.117. The Morgan fingerprint density at radius 1 is 1.15 bits per heavy atom. The van der Waals surface area contributed by atoms with Crippen LogP contribution in [0.4, 0.5) is 5.69 Å². The molecule has 0 aliphatic heterocycles. The number of nitrogens with one attached hydrogen (secondary N) is 1. The molecule has 26 heavy (non-hydrogen) atoms. The smallest absolute Gasteiger partial charge is 0.249 e. The van der Waals surface area contributed by atoms with Crippen LogP contribution in [-0.4, -0.2) is 25.9 Å². The molecule has 0 unspecified atom stereocenters. The van der Waals surface area contributed by atoms with Crippen LogP contribution in [0.5, 0.6) is 11.5 Å². The van der Waals surface area contributed by atoms with E-state index < -0.39 is 17.6 Å². The molecule has 1 amide bonds. The van der Waals surface area contributed by atoms with Gasteiger partial charge in [0.1, 0.15) is 0 Å². The number of ether oxygens (including phenoxy) is 2. The molecule has 6 nitrogen and oxygen atoms in total. The summed E-state index contributed by atoms with van der Waals surface area (Å²) in [6.45, 7) is 1.91. The summed E-state index contributed by atoms with van der Waals surface area (Å²) >= 11 is 6.09. The molecule has 2 aromatic carbocycles. The molecule has 7 heteroatoms. The van der Waals surface area contributed by atoms with E-state index in [4.69, 9.17) is 21.1 Å². The van der Waals surface area contributed by atoms with Crippen molar-refractivity contribution in [1.29, 1.82) is 5.26 Å². The van der Waals surface area contributed by atoms with Crippen LogP contribution < -0.4 is 14.8 Å². The van der Waals surface area contributed by atoms with Gasteiger partial charge in [0.25, 0.3) is 0 Å².